The molecule has 44 heavy (non-hydrogen) atoms. The van der Waals surface area contributed by atoms with Gasteiger partial charge in [-0.05, 0) is 77.5 Å². The van der Waals surface area contributed by atoms with Crippen LogP contribution in [-0.2, 0) is 23.9 Å². The molecule has 0 aliphatic rings. The topological polar surface area (TPSA) is 108 Å². The van der Waals surface area contributed by atoms with E-state index >= 15 is 0 Å². The van der Waals surface area contributed by atoms with Gasteiger partial charge in [0.05, 0.1) is 0 Å². The summed E-state index contributed by atoms with van der Waals surface area (Å²) in [6.45, 7) is 8.00. The van der Waals surface area contributed by atoms with Crippen LogP contribution in [-0.4, -0.2) is 86.9 Å². The second-order valence-electron chi connectivity index (χ2n) is 12.4. The predicted octanol–water partition coefficient (Wildman–Crippen LogP) is 6.38. The van der Waals surface area contributed by atoms with Crippen molar-refractivity contribution in [2.45, 2.75) is 161 Å². The lowest BCUT2D eigenvalue weighted by Gasteiger charge is -2.24. The monoisotopic (exact) mass is 625 g/mol. The molecule has 0 rings (SSSR count). The van der Waals surface area contributed by atoms with Crippen LogP contribution in [0.15, 0.2) is 0 Å². The number of rotatable bonds is 33. The molecule has 0 radical (unpaired) electrons. The predicted molar refractivity (Wildman–Crippen MR) is 180 cm³/mol. The molecule has 0 bridgehead atoms. The highest BCUT2D eigenvalue weighted by Gasteiger charge is 2.18. The number of nitrogens with zero attached hydrogens (tertiary/aromatic N) is 2. The number of esters is 1. The fourth-order valence-corrected chi connectivity index (χ4v) is 5.40. The van der Waals surface area contributed by atoms with Crippen LogP contribution in [0.4, 0.5) is 0 Å². The number of nitrogens with one attached hydrogen (secondary N) is 2. The summed E-state index contributed by atoms with van der Waals surface area (Å²) >= 11 is 0. The van der Waals surface area contributed by atoms with Crippen molar-refractivity contribution in [1.29, 1.82) is 0 Å². The van der Waals surface area contributed by atoms with Gasteiger partial charge in [-0.3, -0.25) is 19.7 Å². The fourth-order valence-electron chi connectivity index (χ4n) is 5.40. The van der Waals surface area contributed by atoms with Gasteiger partial charge in [0.2, 0.25) is 6.41 Å². The standard InChI is InChI=1S/C35H68N4O5/c1-5-7-8-9-13-18-24-32(6-2)44-33(42)25-19-14-12-16-21-28-39(27-20-15-10-11-17-22-30-40)29-23-26-36-34(37-31-41)35(43)38(3)4/h30-32,34,36H,5-29H2,1-4H3,(H,37,41). The van der Waals surface area contributed by atoms with Crippen molar-refractivity contribution in [2.75, 3.05) is 40.3 Å². The van der Waals surface area contributed by atoms with E-state index in [2.05, 4.69) is 29.4 Å². The summed E-state index contributed by atoms with van der Waals surface area (Å²) in [5.74, 6) is -0.207. The Bertz CT molecular complexity index is 707. The van der Waals surface area contributed by atoms with Crippen molar-refractivity contribution in [1.82, 2.24) is 20.4 Å². The Labute approximate surface area is 270 Å². The molecule has 0 aromatic rings. The third kappa shape index (κ3) is 25.3. The van der Waals surface area contributed by atoms with Crippen LogP contribution in [0.5, 0.6) is 0 Å². The molecule has 2 amide bonds. The van der Waals surface area contributed by atoms with Gasteiger partial charge in [0.1, 0.15) is 12.4 Å². The summed E-state index contributed by atoms with van der Waals surface area (Å²) < 4.78 is 5.75. The molecule has 0 aliphatic carbocycles. The molecule has 0 aromatic heterocycles. The van der Waals surface area contributed by atoms with Gasteiger partial charge in [0.15, 0.2) is 6.17 Å². The quantitative estimate of drug-likeness (QED) is 0.0378. The van der Waals surface area contributed by atoms with Gasteiger partial charge in [-0.25, -0.2) is 0 Å². The maximum Gasteiger partial charge on any atom is 0.306 e. The zero-order valence-corrected chi connectivity index (χ0v) is 28.9. The summed E-state index contributed by atoms with van der Waals surface area (Å²) in [4.78, 5) is 50.0. The largest absolute Gasteiger partial charge is 0.462 e. The first-order chi connectivity index (χ1) is 21.4. The second kappa shape index (κ2) is 31.0. The van der Waals surface area contributed by atoms with Crippen LogP contribution in [0.2, 0.25) is 0 Å². The average Bonchev–Trinajstić information content (AvgIpc) is 3.01. The van der Waals surface area contributed by atoms with E-state index < -0.39 is 6.17 Å². The van der Waals surface area contributed by atoms with E-state index in [4.69, 9.17) is 4.74 Å². The first-order valence-electron chi connectivity index (χ1n) is 17.9. The molecule has 2 N–H and O–H groups in total. The maximum atomic E-state index is 12.3. The molecule has 0 aliphatic heterocycles. The van der Waals surface area contributed by atoms with Crippen molar-refractivity contribution in [2.24, 2.45) is 0 Å². The number of carbonyl (C=O) groups is 4. The summed E-state index contributed by atoms with van der Waals surface area (Å²) in [7, 11) is 3.35. The highest BCUT2D eigenvalue weighted by atomic mass is 16.5. The van der Waals surface area contributed by atoms with Gasteiger partial charge in [0, 0.05) is 26.9 Å². The van der Waals surface area contributed by atoms with E-state index in [1.54, 1.807) is 14.1 Å². The Hall–Kier alpha value is -2.00. The van der Waals surface area contributed by atoms with Gasteiger partial charge in [-0.15, -0.1) is 0 Å². The van der Waals surface area contributed by atoms with Crippen molar-refractivity contribution in [3.63, 3.8) is 0 Å². The lowest BCUT2D eigenvalue weighted by Crippen LogP contribution is -2.52. The van der Waals surface area contributed by atoms with Crippen molar-refractivity contribution in [3.05, 3.63) is 0 Å². The minimum Gasteiger partial charge on any atom is -0.462 e. The SMILES string of the molecule is CCCCCCCCC(CC)OC(=O)CCCCCCCN(CCCCCCCC=O)CCCNC(NC=O)C(=O)N(C)C. The first kappa shape index (κ1) is 42.0. The number of carbonyl (C=O) groups excluding carboxylic acids is 4. The number of hydrogen-bond donors (Lipinski definition) is 2. The summed E-state index contributed by atoms with van der Waals surface area (Å²) in [6.07, 6.45) is 23.4. The molecular formula is C35H68N4O5. The Morgan fingerprint density at radius 3 is 1.89 bits per heavy atom. The Kier molecular flexibility index (Phi) is 29.6. The molecule has 0 saturated heterocycles. The minimum absolute atomic E-state index is 0.0355. The molecule has 2 unspecified atom stereocenters. The van der Waals surface area contributed by atoms with Crippen LogP contribution in [0, 0.1) is 0 Å². The average molecular weight is 625 g/mol. The van der Waals surface area contributed by atoms with E-state index in [0.717, 1.165) is 109 Å². The van der Waals surface area contributed by atoms with Crippen LogP contribution in [0.1, 0.15) is 149 Å². The Morgan fingerprint density at radius 2 is 1.30 bits per heavy atom. The van der Waals surface area contributed by atoms with Crippen molar-refractivity contribution in [3.8, 4) is 0 Å². The number of aldehydes is 1. The smallest absolute Gasteiger partial charge is 0.306 e. The van der Waals surface area contributed by atoms with Crippen molar-refractivity contribution < 1.29 is 23.9 Å². The van der Waals surface area contributed by atoms with E-state index in [1.807, 2.05) is 0 Å². The lowest BCUT2D eigenvalue weighted by atomic mass is 10.1. The van der Waals surface area contributed by atoms with E-state index in [-0.39, 0.29) is 18.0 Å². The Morgan fingerprint density at radius 1 is 0.727 bits per heavy atom. The molecule has 0 fully saturated rings. The van der Waals surface area contributed by atoms with Crippen molar-refractivity contribution >= 4 is 24.6 Å². The highest BCUT2D eigenvalue weighted by Crippen LogP contribution is 2.15. The molecule has 0 heterocycles. The molecule has 0 spiro atoms. The molecule has 0 saturated carbocycles. The van der Waals surface area contributed by atoms with Gasteiger partial charge >= 0.3 is 5.97 Å². The van der Waals surface area contributed by atoms with E-state index in [9.17, 15) is 19.2 Å². The van der Waals surface area contributed by atoms with Crippen LogP contribution in [0.3, 0.4) is 0 Å². The number of likely N-dealkylation sites (N-methyl/N-ethyl adjacent to an activating group) is 1. The molecule has 0 aromatic carbocycles. The molecule has 9 nitrogen and oxygen atoms in total. The molecule has 9 heteroatoms. The zero-order valence-electron chi connectivity index (χ0n) is 28.9. The van der Waals surface area contributed by atoms with E-state index in [0.29, 0.717) is 25.8 Å². The normalized spacial score (nSPS) is 12.6. The number of amides is 2. The van der Waals surface area contributed by atoms with Crippen LogP contribution < -0.4 is 10.6 Å². The Balaban J connectivity index is 4.31. The third-order valence-electron chi connectivity index (χ3n) is 8.21. The second-order valence-corrected chi connectivity index (χ2v) is 12.4. The summed E-state index contributed by atoms with van der Waals surface area (Å²) in [5, 5.41) is 5.72. The fraction of sp³-hybridized carbons (Fsp3) is 0.886. The van der Waals surface area contributed by atoms with Gasteiger partial charge in [-0.2, -0.15) is 0 Å². The van der Waals surface area contributed by atoms with Crippen LogP contribution >= 0.6 is 0 Å². The van der Waals surface area contributed by atoms with Gasteiger partial charge < -0.3 is 24.6 Å². The number of hydrogen-bond acceptors (Lipinski definition) is 7. The van der Waals surface area contributed by atoms with Gasteiger partial charge in [-0.1, -0.05) is 84.5 Å². The third-order valence-corrected chi connectivity index (χ3v) is 8.21. The molecule has 258 valence electrons. The highest BCUT2D eigenvalue weighted by molar-refractivity contribution is 5.82. The first-order valence-corrected chi connectivity index (χ1v) is 17.9. The molecule has 2 atom stereocenters. The minimum atomic E-state index is -0.701. The number of unbranched alkanes of at least 4 members (excludes halogenated alkanes) is 14. The maximum absolute atomic E-state index is 12.3. The number of ether oxygens (including phenoxy) is 1. The van der Waals surface area contributed by atoms with E-state index in [1.165, 1.54) is 43.4 Å². The lowest BCUT2D eigenvalue weighted by molar-refractivity contribution is -0.149. The summed E-state index contributed by atoms with van der Waals surface area (Å²) in [6, 6.07) is 0. The molecular weight excluding hydrogens is 556 g/mol. The summed E-state index contributed by atoms with van der Waals surface area (Å²) in [5.41, 5.74) is 0. The zero-order chi connectivity index (χ0) is 32.7. The van der Waals surface area contributed by atoms with Crippen LogP contribution in [0.25, 0.3) is 0 Å². The van der Waals surface area contributed by atoms with Gasteiger partial charge in [0.25, 0.3) is 5.91 Å².